The summed E-state index contributed by atoms with van der Waals surface area (Å²) >= 11 is 0. The van der Waals surface area contributed by atoms with Crippen molar-refractivity contribution in [3.05, 3.63) is 109 Å². The second-order valence-electron chi connectivity index (χ2n) is 23.9. The number of aliphatic hydroxyl groups is 11. The molecule has 0 aromatic carbocycles. The molecule has 0 aliphatic carbocycles. The number of carbonyl (C=O) groups is 1. The first kappa shape index (κ1) is 80.7. The van der Waals surface area contributed by atoms with Gasteiger partial charge in [-0.05, 0) is 83.5 Å². The van der Waals surface area contributed by atoms with E-state index >= 15 is 0 Å². The van der Waals surface area contributed by atoms with Crippen molar-refractivity contribution < 1.29 is 89.4 Å². The molecule has 0 aromatic rings. The number of hydrogen-bond donors (Lipinski definition) is 12. The van der Waals surface area contributed by atoms with E-state index in [4.69, 9.17) is 28.4 Å². The molecule has 19 nitrogen and oxygen atoms in total. The lowest BCUT2D eigenvalue weighted by Gasteiger charge is -2.48. The van der Waals surface area contributed by atoms with Crippen LogP contribution in [-0.2, 0) is 33.2 Å². The van der Waals surface area contributed by atoms with Gasteiger partial charge < -0.3 is 89.9 Å². The number of hydrogen-bond acceptors (Lipinski definition) is 18. The zero-order valence-corrected chi connectivity index (χ0v) is 54.3. The van der Waals surface area contributed by atoms with Gasteiger partial charge in [-0.25, -0.2) is 0 Å². The smallest absolute Gasteiger partial charge is 0.220 e. The Balaban J connectivity index is 1.39. The van der Waals surface area contributed by atoms with Crippen LogP contribution in [0, 0.1) is 0 Å². The summed E-state index contributed by atoms with van der Waals surface area (Å²) in [6.07, 6.45) is 41.7. The van der Waals surface area contributed by atoms with Crippen molar-refractivity contribution in [1.29, 1.82) is 0 Å². The molecule has 12 N–H and O–H groups in total. The van der Waals surface area contributed by atoms with Gasteiger partial charge in [0, 0.05) is 6.42 Å². The first-order valence-corrected chi connectivity index (χ1v) is 34.1. The van der Waals surface area contributed by atoms with Gasteiger partial charge in [0.05, 0.1) is 38.6 Å². The summed E-state index contributed by atoms with van der Waals surface area (Å²) in [7, 11) is 0. The number of amides is 1. The number of nitrogens with one attached hydrogen (secondary N) is 1. The molecule has 516 valence electrons. The van der Waals surface area contributed by atoms with E-state index in [1.165, 1.54) is 51.4 Å². The molecule has 0 bridgehead atoms. The predicted molar refractivity (Wildman–Crippen MR) is 350 cm³/mol. The maximum Gasteiger partial charge on any atom is 0.220 e. The summed E-state index contributed by atoms with van der Waals surface area (Å²) < 4.78 is 34.3. The third-order valence-electron chi connectivity index (χ3n) is 16.4. The second-order valence-corrected chi connectivity index (χ2v) is 23.9. The summed E-state index contributed by atoms with van der Waals surface area (Å²) in [5.41, 5.74) is 0. The third kappa shape index (κ3) is 33.5. The first-order valence-electron chi connectivity index (χ1n) is 34.1. The van der Waals surface area contributed by atoms with E-state index in [9.17, 15) is 61.0 Å². The maximum atomic E-state index is 13.4. The summed E-state index contributed by atoms with van der Waals surface area (Å²) in [5, 5.41) is 120. The molecular weight excluding hydrogens is 1150 g/mol. The largest absolute Gasteiger partial charge is 0.394 e. The number of allylic oxidation sites excluding steroid dienone is 18. The van der Waals surface area contributed by atoms with Crippen LogP contribution in [0.1, 0.15) is 200 Å². The highest BCUT2D eigenvalue weighted by atomic mass is 16.8. The zero-order chi connectivity index (χ0) is 65.4. The lowest BCUT2D eigenvalue weighted by atomic mass is 9.96. The Hall–Kier alpha value is -3.55. The van der Waals surface area contributed by atoms with Crippen molar-refractivity contribution in [3.63, 3.8) is 0 Å². The fraction of sp³-hybridized carbons (Fsp3) is 0.732. The highest BCUT2D eigenvalue weighted by molar-refractivity contribution is 5.76. The summed E-state index contributed by atoms with van der Waals surface area (Å²) in [4.78, 5) is 13.4. The highest BCUT2D eigenvalue weighted by Gasteiger charge is 2.53. The summed E-state index contributed by atoms with van der Waals surface area (Å²) in [5.74, 6) is -0.268. The molecule has 0 saturated carbocycles. The average molecular weight is 1270 g/mol. The molecule has 19 heteroatoms. The number of rotatable bonds is 50. The van der Waals surface area contributed by atoms with Crippen LogP contribution in [0.3, 0.4) is 0 Å². The molecule has 3 aliphatic heterocycles. The minimum atomic E-state index is -1.98. The number of carbonyl (C=O) groups excluding carboxylic acids is 1. The minimum absolute atomic E-state index is 0.236. The van der Waals surface area contributed by atoms with Gasteiger partial charge in [0.25, 0.3) is 0 Å². The van der Waals surface area contributed by atoms with E-state index in [0.29, 0.717) is 12.8 Å². The number of ether oxygens (including phenoxy) is 6. The fourth-order valence-electron chi connectivity index (χ4n) is 10.8. The van der Waals surface area contributed by atoms with E-state index in [0.717, 1.165) is 116 Å². The zero-order valence-electron chi connectivity index (χ0n) is 54.3. The lowest BCUT2D eigenvalue weighted by Crippen LogP contribution is -2.66. The topological polar surface area (TPSA) is 307 Å². The van der Waals surface area contributed by atoms with Gasteiger partial charge in [0.15, 0.2) is 18.9 Å². The van der Waals surface area contributed by atoms with Gasteiger partial charge in [0.1, 0.15) is 73.2 Å². The standard InChI is InChI=1S/C71H119NO18/c1-3-5-7-9-11-13-15-17-18-19-20-21-22-23-24-25-26-27-28-29-30-31-32-33-34-35-36-37-39-41-43-45-47-49-59(77)72-54(55(76)48-46-44-42-40-38-16-14-12-10-8-6-4-2)53-85-69-65(83)62(80)67(57(51-74)87-69)90-71-66(84)63(81)68(58(52-75)88-71)89-70-64(82)61(79)60(78)56(50-73)86-70/h5,7,11,13,17-18,20-21,23-24,26-27,29-30,32-33,35-36,54-58,60-71,73-76,78-84H,3-4,6,8-10,12,14-16,19,22,25,28,31,34,37-53H2,1-2H3,(H,72,77)/b7-5-,13-11-,18-17-,21-20-,24-23-,27-26-,30-29-,33-32-,36-35-. The van der Waals surface area contributed by atoms with Crippen LogP contribution < -0.4 is 5.32 Å². The van der Waals surface area contributed by atoms with Gasteiger partial charge in [-0.3, -0.25) is 4.79 Å². The van der Waals surface area contributed by atoms with Crippen LogP contribution in [-0.4, -0.2) is 193 Å². The van der Waals surface area contributed by atoms with Gasteiger partial charge in [0.2, 0.25) is 5.91 Å². The molecule has 0 aromatic heterocycles. The SMILES string of the molecule is CC/C=C\C/C=C\C/C=C\C/C=C\C/C=C\C/C=C\C/C=C\C/C=C\C/C=C\CCCCCCCC(=O)NC(COC1OC(CO)C(OC2OC(CO)C(OC3OC(CO)C(O)C(O)C3O)C(O)C2O)C(O)C1O)C(O)CCCCCCCCCCCCCC. The van der Waals surface area contributed by atoms with E-state index < -0.39 is 124 Å². The summed E-state index contributed by atoms with van der Waals surface area (Å²) in [6.45, 7) is 1.63. The molecule has 17 atom stereocenters. The normalized spacial score (nSPS) is 28.7. The monoisotopic (exact) mass is 1270 g/mol. The fourth-order valence-corrected chi connectivity index (χ4v) is 10.8. The van der Waals surface area contributed by atoms with Gasteiger partial charge >= 0.3 is 0 Å². The maximum absolute atomic E-state index is 13.4. The summed E-state index contributed by atoms with van der Waals surface area (Å²) in [6, 6.07) is -0.905. The molecule has 17 unspecified atom stereocenters. The van der Waals surface area contributed by atoms with E-state index in [1.807, 2.05) is 0 Å². The Morgan fingerprint density at radius 2 is 0.767 bits per heavy atom. The van der Waals surface area contributed by atoms with Crippen LogP contribution in [0.5, 0.6) is 0 Å². The van der Waals surface area contributed by atoms with Crippen molar-refractivity contribution >= 4 is 5.91 Å². The van der Waals surface area contributed by atoms with Gasteiger partial charge in [-0.2, -0.15) is 0 Å². The molecule has 3 heterocycles. The molecular formula is C71H119NO18. The molecule has 0 spiro atoms. The third-order valence-corrected chi connectivity index (χ3v) is 16.4. The van der Waals surface area contributed by atoms with Crippen molar-refractivity contribution in [1.82, 2.24) is 5.32 Å². The highest BCUT2D eigenvalue weighted by Crippen LogP contribution is 2.33. The Bertz CT molecular complexity index is 2060. The van der Waals surface area contributed by atoms with Crippen molar-refractivity contribution in [2.45, 2.75) is 304 Å². The minimum Gasteiger partial charge on any atom is -0.394 e. The van der Waals surface area contributed by atoms with Crippen molar-refractivity contribution in [2.75, 3.05) is 26.4 Å². The van der Waals surface area contributed by atoms with E-state index in [-0.39, 0.29) is 18.9 Å². The molecule has 3 rings (SSSR count). The van der Waals surface area contributed by atoms with Crippen LogP contribution in [0.2, 0.25) is 0 Å². The molecule has 3 aliphatic rings. The Labute approximate surface area is 538 Å². The van der Waals surface area contributed by atoms with Crippen LogP contribution in [0.4, 0.5) is 0 Å². The quantitative estimate of drug-likeness (QED) is 0.0200. The van der Waals surface area contributed by atoms with Gasteiger partial charge in [-0.1, -0.05) is 220 Å². The molecule has 90 heavy (non-hydrogen) atoms. The number of aliphatic hydroxyl groups excluding tert-OH is 11. The van der Waals surface area contributed by atoms with Crippen LogP contribution in [0.15, 0.2) is 109 Å². The Kier molecular flexibility index (Phi) is 46.5. The van der Waals surface area contributed by atoms with Crippen molar-refractivity contribution in [2.24, 2.45) is 0 Å². The molecule has 3 saturated heterocycles. The second kappa shape index (κ2) is 51.8. The van der Waals surface area contributed by atoms with Crippen LogP contribution >= 0.6 is 0 Å². The van der Waals surface area contributed by atoms with Crippen molar-refractivity contribution in [3.8, 4) is 0 Å². The average Bonchev–Trinajstić information content (AvgIpc) is 0.864. The predicted octanol–water partition coefficient (Wildman–Crippen LogP) is 8.66. The number of unbranched alkanes of at least 4 members (excludes halogenated alkanes) is 16. The Morgan fingerprint density at radius 1 is 0.411 bits per heavy atom. The molecule has 3 fully saturated rings. The lowest BCUT2D eigenvalue weighted by molar-refractivity contribution is -0.379. The van der Waals surface area contributed by atoms with Crippen LogP contribution in [0.25, 0.3) is 0 Å². The molecule has 0 radical (unpaired) electrons. The molecule has 1 amide bonds. The van der Waals surface area contributed by atoms with E-state index in [2.05, 4.69) is 129 Å². The van der Waals surface area contributed by atoms with E-state index in [1.54, 1.807) is 0 Å². The first-order chi connectivity index (χ1) is 43.8. The Morgan fingerprint density at radius 3 is 1.20 bits per heavy atom. The van der Waals surface area contributed by atoms with Gasteiger partial charge in [-0.15, -0.1) is 0 Å².